The third kappa shape index (κ3) is 2.45. The van der Waals surface area contributed by atoms with Crippen LogP contribution < -0.4 is 0 Å². The molecule has 1 aromatic carbocycles. The third-order valence-electron chi connectivity index (χ3n) is 2.75. The Balaban J connectivity index is 1.84. The number of hydrogen-bond acceptors (Lipinski definition) is 3. The molecule has 0 spiro atoms. The van der Waals surface area contributed by atoms with Crippen LogP contribution in [0.25, 0.3) is 11.3 Å². The van der Waals surface area contributed by atoms with Crippen LogP contribution in [0.15, 0.2) is 43.0 Å². The Morgan fingerprint density at radius 3 is 2.95 bits per heavy atom. The van der Waals surface area contributed by atoms with Gasteiger partial charge in [-0.25, -0.2) is 15.0 Å². The molecule has 0 aliphatic rings. The Morgan fingerprint density at radius 2 is 2.05 bits per heavy atom. The van der Waals surface area contributed by atoms with Crippen molar-refractivity contribution >= 4 is 11.3 Å². The molecule has 0 saturated carbocycles. The van der Waals surface area contributed by atoms with Crippen LogP contribution in [0.1, 0.15) is 11.1 Å². The largest absolute Gasteiger partial charge is 0.302 e. The van der Waals surface area contributed by atoms with Gasteiger partial charge in [0.15, 0.2) is 11.3 Å². The number of fused-ring (bicyclic) bond motifs is 1. The number of rotatable bonds is 1. The van der Waals surface area contributed by atoms with Crippen LogP contribution in [-0.2, 0) is 6.54 Å². The van der Waals surface area contributed by atoms with E-state index >= 15 is 0 Å². The van der Waals surface area contributed by atoms with Crippen LogP contribution in [0.2, 0.25) is 0 Å². The van der Waals surface area contributed by atoms with Gasteiger partial charge in [-0.15, -0.1) is 0 Å². The fourth-order valence-corrected chi connectivity index (χ4v) is 1.86. The molecule has 0 radical (unpaired) electrons. The lowest BCUT2D eigenvalue weighted by Crippen LogP contribution is -1.95. The van der Waals surface area contributed by atoms with Crippen LogP contribution in [-0.4, -0.2) is 19.5 Å². The standard InChI is InChI=1S/C15H12N4/c1-12-4-2-5-13(10-12)6-3-9-19-11-18-14-15(19)17-8-7-16-14/h2,4-5,7-8,10-11H,9H2,1H3. The fourth-order valence-electron chi connectivity index (χ4n) is 1.86. The Hall–Kier alpha value is -2.67. The lowest BCUT2D eigenvalue weighted by Gasteiger charge is -1.96. The zero-order valence-corrected chi connectivity index (χ0v) is 10.5. The summed E-state index contributed by atoms with van der Waals surface area (Å²) in [6.45, 7) is 2.62. The molecule has 0 fully saturated rings. The first-order valence-corrected chi connectivity index (χ1v) is 6.00. The second kappa shape index (κ2) is 4.91. The smallest absolute Gasteiger partial charge is 0.197 e. The van der Waals surface area contributed by atoms with E-state index in [1.54, 1.807) is 18.7 Å². The monoisotopic (exact) mass is 248 g/mol. The average Bonchev–Trinajstić information content (AvgIpc) is 2.83. The minimum atomic E-state index is 0.559. The van der Waals surface area contributed by atoms with Crippen LogP contribution in [0.5, 0.6) is 0 Å². The van der Waals surface area contributed by atoms with Crippen molar-refractivity contribution in [3.8, 4) is 11.8 Å². The summed E-state index contributed by atoms with van der Waals surface area (Å²) in [5.41, 5.74) is 3.65. The van der Waals surface area contributed by atoms with Gasteiger partial charge in [-0.1, -0.05) is 24.0 Å². The normalized spacial score (nSPS) is 10.2. The van der Waals surface area contributed by atoms with Crippen molar-refractivity contribution in [2.75, 3.05) is 0 Å². The number of nitrogens with zero attached hydrogens (tertiary/aromatic N) is 4. The van der Waals surface area contributed by atoms with E-state index in [-0.39, 0.29) is 0 Å². The van der Waals surface area contributed by atoms with Gasteiger partial charge in [0.05, 0.1) is 12.9 Å². The lowest BCUT2D eigenvalue weighted by molar-refractivity contribution is 0.857. The van der Waals surface area contributed by atoms with Crippen LogP contribution in [0, 0.1) is 18.8 Å². The number of imidazole rings is 1. The van der Waals surface area contributed by atoms with E-state index in [4.69, 9.17) is 0 Å². The van der Waals surface area contributed by atoms with Crippen molar-refractivity contribution in [3.05, 3.63) is 54.1 Å². The van der Waals surface area contributed by atoms with Crippen LogP contribution in [0.4, 0.5) is 0 Å². The highest BCUT2D eigenvalue weighted by atomic mass is 15.1. The van der Waals surface area contributed by atoms with Crippen molar-refractivity contribution in [2.24, 2.45) is 0 Å². The van der Waals surface area contributed by atoms with Gasteiger partial charge in [-0.2, -0.15) is 0 Å². The molecule has 0 aliphatic carbocycles. The van der Waals surface area contributed by atoms with Gasteiger partial charge >= 0.3 is 0 Å². The molecule has 3 rings (SSSR count). The summed E-state index contributed by atoms with van der Waals surface area (Å²) in [4.78, 5) is 12.6. The average molecular weight is 248 g/mol. The fraction of sp³-hybridized carbons (Fsp3) is 0.133. The van der Waals surface area contributed by atoms with Gasteiger partial charge in [0.1, 0.15) is 0 Å². The number of aromatic nitrogens is 4. The van der Waals surface area contributed by atoms with Crippen molar-refractivity contribution in [1.29, 1.82) is 0 Å². The highest BCUT2D eigenvalue weighted by Crippen LogP contribution is 2.05. The molecule has 4 heteroatoms. The Bertz CT molecular complexity index is 777. The van der Waals surface area contributed by atoms with E-state index in [1.165, 1.54) is 5.56 Å². The first-order chi connectivity index (χ1) is 9.33. The van der Waals surface area contributed by atoms with Gasteiger partial charge < -0.3 is 4.57 Å². The predicted molar refractivity (Wildman–Crippen MR) is 73.4 cm³/mol. The van der Waals surface area contributed by atoms with Gasteiger partial charge in [-0.3, -0.25) is 0 Å². The maximum Gasteiger partial charge on any atom is 0.197 e. The van der Waals surface area contributed by atoms with E-state index in [9.17, 15) is 0 Å². The summed E-state index contributed by atoms with van der Waals surface area (Å²) in [5.74, 6) is 6.27. The van der Waals surface area contributed by atoms with Gasteiger partial charge in [0, 0.05) is 18.0 Å². The summed E-state index contributed by atoms with van der Waals surface area (Å²) >= 11 is 0. The molecule has 0 bridgehead atoms. The molecule has 2 aromatic heterocycles. The second-order valence-electron chi connectivity index (χ2n) is 4.25. The van der Waals surface area contributed by atoms with Crippen molar-refractivity contribution < 1.29 is 0 Å². The predicted octanol–water partition coefficient (Wildman–Crippen LogP) is 2.19. The molecular weight excluding hydrogens is 236 g/mol. The first kappa shape index (κ1) is 11.4. The van der Waals surface area contributed by atoms with Crippen molar-refractivity contribution in [1.82, 2.24) is 19.5 Å². The van der Waals surface area contributed by atoms with E-state index < -0.39 is 0 Å². The van der Waals surface area contributed by atoms with E-state index in [0.717, 1.165) is 11.2 Å². The zero-order valence-electron chi connectivity index (χ0n) is 10.5. The van der Waals surface area contributed by atoms with Crippen molar-refractivity contribution in [2.45, 2.75) is 13.5 Å². The first-order valence-electron chi connectivity index (χ1n) is 6.00. The second-order valence-corrected chi connectivity index (χ2v) is 4.25. The highest BCUT2D eigenvalue weighted by molar-refractivity contribution is 5.64. The molecule has 0 amide bonds. The zero-order chi connectivity index (χ0) is 13.1. The molecule has 0 unspecified atom stereocenters. The molecule has 0 aliphatic heterocycles. The molecular formula is C15H12N4. The van der Waals surface area contributed by atoms with Crippen LogP contribution in [0.3, 0.4) is 0 Å². The SMILES string of the molecule is Cc1cccc(C#CCn2cnc3nccnc32)c1. The summed E-state index contributed by atoms with van der Waals surface area (Å²) in [5, 5.41) is 0. The highest BCUT2D eigenvalue weighted by Gasteiger charge is 2.01. The lowest BCUT2D eigenvalue weighted by atomic mass is 10.1. The molecule has 2 heterocycles. The van der Waals surface area contributed by atoms with E-state index in [0.29, 0.717) is 12.2 Å². The molecule has 0 N–H and O–H groups in total. The summed E-state index contributed by atoms with van der Waals surface area (Å²) in [6, 6.07) is 8.15. The summed E-state index contributed by atoms with van der Waals surface area (Å²) < 4.78 is 1.89. The third-order valence-corrected chi connectivity index (χ3v) is 2.75. The quantitative estimate of drug-likeness (QED) is 0.620. The number of benzene rings is 1. The molecule has 92 valence electrons. The minimum Gasteiger partial charge on any atom is -0.302 e. The minimum absolute atomic E-state index is 0.559. The molecule has 3 aromatic rings. The summed E-state index contributed by atoms with van der Waals surface area (Å²) in [6.07, 6.45) is 5.02. The van der Waals surface area contributed by atoms with E-state index in [1.807, 2.05) is 16.7 Å². The van der Waals surface area contributed by atoms with Gasteiger partial charge in [0.2, 0.25) is 0 Å². The maximum atomic E-state index is 4.25. The topological polar surface area (TPSA) is 43.6 Å². The number of aryl methyl sites for hydroxylation is 1. The van der Waals surface area contributed by atoms with E-state index in [2.05, 4.69) is 45.8 Å². The van der Waals surface area contributed by atoms with Crippen LogP contribution >= 0.6 is 0 Å². The Morgan fingerprint density at radius 1 is 1.16 bits per heavy atom. The van der Waals surface area contributed by atoms with Gasteiger partial charge in [0.25, 0.3) is 0 Å². The van der Waals surface area contributed by atoms with Crippen molar-refractivity contribution in [3.63, 3.8) is 0 Å². The Kier molecular flexibility index (Phi) is 2.95. The molecule has 0 saturated heterocycles. The molecule has 4 nitrogen and oxygen atoms in total. The molecule has 0 atom stereocenters. The maximum absolute atomic E-state index is 4.25. The number of hydrogen-bond donors (Lipinski definition) is 0. The summed E-state index contributed by atoms with van der Waals surface area (Å²) in [7, 11) is 0. The van der Waals surface area contributed by atoms with Gasteiger partial charge in [-0.05, 0) is 24.6 Å². The Labute approximate surface area is 111 Å². The molecule has 19 heavy (non-hydrogen) atoms.